The summed E-state index contributed by atoms with van der Waals surface area (Å²) < 4.78 is 13.6. The van der Waals surface area contributed by atoms with Gasteiger partial charge >= 0.3 is 0 Å². The Hall–Kier alpha value is -2.11. The van der Waals surface area contributed by atoms with Crippen molar-refractivity contribution in [3.8, 4) is 0 Å². The molecule has 6 heteroatoms. The molecule has 1 amide bonds. The minimum Gasteiger partial charge on any atom is -0.409 e. The van der Waals surface area contributed by atoms with Crippen LogP contribution >= 0.6 is 0 Å². The van der Waals surface area contributed by atoms with Gasteiger partial charge in [0, 0.05) is 6.54 Å². The highest BCUT2D eigenvalue weighted by Crippen LogP contribution is 2.19. The lowest BCUT2D eigenvalue weighted by Gasteiger charge is -2.34. The highest BCUT2D eigenvalue weighted by Gasteiger charge is 2.29. The number of carbonyl (C=O) groups is 1. The number of likely N-dealkylation sites (tertiary alicyclic amines) is 1. The van der Waals surface area contributed by atoms with Crippen LogP contribution in [-0.4, -0.2) is 34.4 Å². The largest absolute Gasteiger partial charge is 0.409 e. The Bertz CT molecular complexity index is 519. The Morgan fingerprint density at radius 1 is 1.45 bits per heavy atom. The first-order chi connectivity index (χ1) is 9.63. The molecule has 1 aliphatic heterocycles. The van der Waals surface area contributed by atoms with Gasteiger partial charge in [-0.25, -0.2) is 4.39 Å². The smallest absolute Gasteiger partial charge is 0.227 e. The summed E-state index contributed by atoms with van der Waals surface area (Å²) in [5.41, 5.74) is 5.99. The summed E-state index contributed by atoms with van der Waals surface area (Å²) in [4.78, 5) is 13.9. The van der Waals surface area contributed by atoms with Gasteiger partial charge in [0.2, 0.25) is 5.91 Å². The number of oxime groups is 1. The van der Waals surface area contributed by atoms with Gasteiger partial charge in [0.05, 0.1) is 12.5 Å². The van der Waals surface area contributed by atoms with Gasteiger partial charge in [-0.1, -0.05) is 23.4 Å². The molecule has 1 aliphatic rings. The lowest BCUT2D eigenvalue weighted by molar-refractivity contribution is -0.132. The van der Waals surface area contributed by atoms with E-state index in [9.17, 15) is 9.18 Å². The van der Waals surface area contributed by atoms with E-state index < -0.39 is 11.9 Å². The van der Waals surface area contributed by atoms with Crippen molar-refractivity contribution in [2.75, 3.05) is 6.54 Å². The van der Waals surface area contributed by atoms with Gasteiger partial charge in [0.25, 0.3) is 0 Å². The predicted octanol–water partition coefficient (Wildman–Crippen LogP) is 1.50. The first-order valence-electron chi connectivity index (χ1n) is 6.63. The second kappa shape index (κ2) is 6.36. The number of amidine groups is 1. The molecule has 108 valence electrons. The summed E-state index contributed by atoms with van der Waals surface area (Å²) >= 11 is 0. The molecule has 1 fully saturated rings. The van der Waals surface area contributed by atoms with Crippen LogP contribution < -0.4 is 5.73 Å². The van der Waals surface area contributed by atoms with E-state index in [-0.39, 0.29) is 18.2 Å². The van der Waals surface area contributed by atoms with Crippen molar-refractivity contribution in [2.45, 2.75) is 31.7 Å². The fraction of sp³-hybridized carbons (Fsp3) is 0.429. The predicted molar refractivity (Wildman–Crippen MR) is 72.9 cm³/mol. The Morgan fingerprint density at radius 2 is 2.20 bits per heavy atom. The van der Waals surface area contributed by atoms with E-state index in [1.54, 1.807) is 23.1 Å². The second-order valence-electron chi connectivity index (χ2n) is 4.89. The van der Waals surface area contributed by atoms with Crippen molar-refractivity contribution in [3.63, 3.8) is 0 Å². The van der Waals surface area contributed by atoms with Gasteiger partial charge in [-0.3, -0.25) is 4.79 Å². The number of halogens is 1. The minimum atomic E-state index is -0.395. The number of rotatable bonds is 3. The molecule has 1 aromatic rings. The molecule has 0 saturated carbocycles. The normalized spacial score (nSPS) is 19.9. The van der Waals surface area contributed by atoms with E-state index >= 15 is 0 Å². The standard InChI is InChI=1S/C14H18FN3O2/c15-11-6-2-1-5-10(11)9-13(19)18-8-4-3-7-12(18)14(16)17-20/h1-2,5-6,12,20H,3-4,7-9H2,(H2,16,17). The molecule has 3 N–H and O–H groups in total. The molecule has 1 heterocycles. The van der Waals surface area contributed by atoms with E-state index in [1.807, 2.05) is 0 Å². The number of benzene rings is 1. The number of nitrogens with zero attached hydrogens (tertiary/aromatic N) is 2. The summed E-state index contributed by atoms with van der Waals surface area (Å²) in [6.07, 6.45) is 2.45. The van der Waals surface area contributed by atoms with Crippen LogP contribution in [0.1, 0.15) is 24.8 Å². The summed E-state index contributed by atoms with van der Waals surface area (Å²) in [7, 11) is 0. The van der Waals surface area contributed by atoms with E-state index in [0.717, 1.165) is 12.8 Å². The average Bonchev–Trinajstić information content (AvgIpc) is 2.48. The van der Waals surface area contributed by atoms with Crippen molar-refractivity contribution < 1.29 is 14.4 Å². The highest BCUT2D eigenvalue weighted by atomic mass is 19.1. The van der Waals surface area contributed by atoms with Crippen LogP contribution in [0.5, 0.6) is 0 Å². The Balaban J connectivity index is 2.12. The maximum absolute atomic E-state index is 13.6. The van der Waals surface area contributed by atoms with E-state index in [0.29, 0.717) is 18.5 Å². The van der Waals surface area contributed by atoms with Crippen LogP contribution in [0.3, 0.4) is 0 Å². The van der Waals surface area contributed by atoms with Crippen LogP contribution in [0.15, 0.2) is 29.4 Å². The van der Waals surface area contributed by atoms with Gasteiger partial charge in [0.15, 0.2) is 5.84 Å². The van der Waals surface area contributed by atoms with Gasteiger partial charge in [-0.15, -0.1) is 0 Å². The Labute approximate surface area is 116 Å². The molecular formula is C14H18FN3O2. The maximum atomic E-state index is 13.6. The van der Waals surface area contributed by atoms with E-state index in [2.05, 4.69) is 5.16 Å². The van der Waals surface area contributed by atoms with Gasteiger partial charge in [0.1, 0.15) is 5.82 Å². The molecule has 20 heavy (non-hydrogen) atoms. The molecule has 1 aromatic carbocycles. The SMILES string of the molecule is NC(=NO)C1CCCCN1C(=O)Cc1ccccc1F. The zero-order valence-corrected chi connectivity index (χ0v) is 11.1. The van der Waals surface area contributed by atoms with Crippen LogP contribution in [0, 0.1) is 5.82 Å². The second-order valence-corrected chi connectivity index (χ2v) is 4.89. The first-order valence-corrected chi connectivity index (χ1v) is 6.63. The molecule has 5 nitrogen and oxygen atoms in total. The lowest BCUT2D eigenvalue weighted by Crippen LogP contribution is -2.51. The fourth-order valence-corrected chi connectivity index (χ4v) is 2.51. The molecule has 1 saturated heterocycles. The van der Waals surface area contributed by atoms with Crippen LogP contribution in [0.4, 0.5) is 4.39 Å². The molecule has 1 atom stereocenters. The molecule has 0 aliphatic carbocycles. The van der Waals surface area contributed by atoms with Gasteiger partial charge < -0.3 is 15.8 Å². The molecule has 0 radical (unpaired) electrons. The van der Waals surface area contributed by atoms with Gasteiger partial charge in [-0.2, -0.15) is 0 Å². The third-order valence-corrected chi connectivity index (χ3v) is 3.58. The van der Waals surface area contributed by atoms with Crippen LogP contribution in [0.2, 0.25) is 0 Å². The van der Waals surface area contributed by atoms with E-state index in [1.165, 1.54) is 6.07 Å². The molecule has 0 spiro atoms. The topological polar surface area (TPSA) is 78.9 Å². The Kier molecular flexibility index (Phi) is 4.55. The van der Waals surface area contributed by atoms with Crippen LogP contribution in [0.25, 0.3) is 0 Å². The number of nitrogens with two attached hydrogens (primary N) is 1. The minimum absolute atomic E-state index is 0.0120. The van der Waals surface area contributed by atoms with Crippen molar-refractivity contribution in [1.29, 1.82) is 0 Å². The van der Waals surface area contributed by atoms with Gasteiger partial charge in [-0.05, 0) is 30.9 Å². The molecular weight excluding hydrogens is 261 g/mol. The first kappa shape index (κ1) is 14.3. The van der Waals surface area contributed by atoms with Crippen molar-refractivity contribution in [1.82, 2.24) is 4.90 Å². The maximum Gasteiger partial charge on any atom is 0.227 e. The van der Waals surface area contributed by atoms with Crippen molar-refractivity contribution >= 4 is 11.7 Å². The number of amides is 1. The average molecular weight is 279 g/mol. The molecule has 2 rings (SSSR count). The zero-order chi connectivity index (χ0) is 14.5. The summed E-state index contributed by atoms with van der Waals surface area (Å²) in [6, 6.07) is 5.81. The van der Waals surface area contributed by atoms with Crippen LogP contribution in [-0.2, 0) is 11.2 Å². The summed E-state index contributed by atoms with van der Waals surface area (Å²) in [5.74, 6) is -0.559. The third kappa shape index (κ3) is 3.07. The van der Waals surface area contributed by atoms with Crippen molar-refractivity contribution in [3.05, 3.63) is 35.6 Å². The number of hydrogen-bond donors (Lipinski definition) is 2. The molecule has 1 unspecified atom stereocenters. The zero-order valence-electron chi connectivity index (χ0n) is 11.1. The van der Waals surface area contributed by atoms with E-state index in [4.69, 9.17) is 10.9 Å². The summed E-state index contributed by atoms with van der Waals surface area (Å²) in [6.45, 7) is 0.550. The monoisotopic (exact) mass is 279 g/mol. The van der Waals surface area contributed by atoms with Crippen molar-refractivity contribution in [2.24, 2.45) is 10.9 Å². The molecule has 0 aromatic heterocycles. The number of piperidine rings is 1. The fourth-order valence-electron chi connectivity index (χ4n) is 2.51. The quantitative estimate of drug-likeness (QED) is 0.381. The number of hydrogen-bond acceptors (Lipinski definition) is 3. The number of carbonyl (C=O) groups excluding carboxylic acids is 1. The Morgan fingerprint density at radius 3 is 2.90 bits per heavy atom. The third-order valence-electron chi connectivity index (χ3n) is 3.58. The summed E-state index contributed by atoms with van der Waals surface area (Å²) in [5, 5.41) is 11.8. The lowest BCUT2D eigenvalue weighted by atomic mass is 10.00. The molecule has 0 bridgehead atoms. The highest BCUT2D eigenvalue weighted by molar-refractivity contribution is 5.90.